The van der Waals surface area contributed by atoms with E-state index in [0.29, 0.717) is 30.3 Å². The van der Waals surface area contributed by atoms with Crippen molar-refractivity contribution in [3.05, 3.63) is 59.7 Å². The molecule has 0 saturated carbocycles. The highest BCUT2D eigenvalue weighted by Gasteiger charge is 2.22. The highest BCUT2D eigenvalue weighted by atomic mass is 16.5. The summed E-state index contributed by atoms with van der Waals surface area (Å²) in [6.45, 7) is 6.60. The molecule has 2 N–H and O–H groups in total. The molecule has 2 aromatic rings. The molecule has 1 fully saturated rings. The summed E-state index contributed by atoms with van der Waals surface area (Å²) in [4.78, 5) is 39.3. The lowest BCUT2D eigenvalue weighted by Gasteiger charge is -2.33. The first-order valence-electron chi connectivity index (χ1n) is 12.1. The Morgan fingerprint density at radius 1 is 1.03 bits per heavy atom. The van der Waals surface area contributed by atoms with Gasteiger partial charge in [-0.15, -0.1) is 0 Å². The highest BCUT2D eigenvalue weighted by molar-refractivity contribution is 6.02. The first-order valence-corrected chi connectivity index (χ1v) is 12.1. The number of carbonyl (C=O) groups is 3. The predicted octanol–water partition coefficient (Wildman–Crippen LogP) is 4.18. The van der Waals surface area contributed by atoms with E-state index >= 15 is 0 Å². The lowest BCUT2D eigenvalue weighted by molar-refractivity contribution is -0.144. The van der Waals surface area contributed by atoms with Gasteiger partial charge in [-0.25, -0.2) is 0 Å². The first-order chi connectivity index (χ1) is 16.5. The fraction of sp³-hybridized carbons (Fsp3) is 0.444. The molecule has 1 heterocycles. The summed E-state index contributed by atoms with van der Waals surface area (Å²) < 4.78 is 4.88. The Balaban J connectivity index is 1.69. The minimum atomic E-state index is -0.397. The average Bonchev–Trinajstić information content (AvgIpc) is 2.84. The molecule has 7 heteroatoms. The number of piperidine rings is 1. The number of amides is 2. The molecule has 182 valence electrons. The van der Waals surface area contributed by atoms with Gasteiger partial charge in [0, 0.05) is 37.4 Å². The van der Waals surface area contributed by atoms with Crippen LogP contribution in [-0.2, 0) is 20.7 Å². The van der Waals surface area contributed by atoms with Gasteiger partial charge in [0.25, 0.3) is 5.91 Å². The molecule has 2 amide bonds. The second-order valence-electron chi connectivity index (χ2n) is 8.75. The number of benzene rings is 2. The summed E-state index contributed by atoms with van der Waals surface area (Å²) >= 11 is 0. The summed E-state index contributed by atoms with van der Waals surface area (Å²) in [6.07, 6.45) is 2.97. The SMILES string of the molecule is CCOC(=O)CCC(=O)Nc1ccc(N2CCC(C)CC2)c(C(=O)NCCc2ccccc2)c1. The van der Waals surface area contributed by atoms with Crippen molar-refractivity contribution in [2.24, 2.45) is 5.92 Å². The van der Waals surface area contributed by atoms with Gasteiger partial charge in [0.05, 0.1) is 18.6 Å². The Morgan fingerprint density at radius 2 is 1.76 bits per heavy atom. The van der Waals surface area contributed by atoms with Crippen LogP contribution in [0.25, 0.3) is 0 Å². The zero-order valence-corrected chi connectivity index (χ0v) is 20.1. The second-order valence-corrected chi connectivity index (χ2v) is 8.75. The van der Waals surface area contributed by atoms with E-state index in [1.165, 1.54) is 0 Å². The van der Waals surface area contributed by atoms with Crippen molar-refractivity contribution >= 4 is 29.2 Å². The number of nitrogens with one attached hydrogen (secondary N) is 2. The maximum atomic E-state index is 13.2. The van der Waals surface area contributed by atoms with Crippen LogP contribution in [0.5, 0.6) is 0 Å². The lowest BCUT2D eigenvalue weighted by Crippen LogP contribution is -2.35. The topological polar surface area (TPSA) is 87.7 Å². The third-order valence-electron chi connectivity index (χ3n) is 6.05. The van der Waals surface area contributed by atoms with Gasteiger partial charge in [0.15, 0.2) is 0 Å². The summed E-state index contributed by atoms with van der Waals surface area (Å²) in [5.74, 6) is -0.168. The van der Waals surface area contributed by atoms with E-state index in [4.69, 9.17) is 4.74 Å². The van der Waals surface area contributed by atoms with Gasteiger partial charge in [-0.1, -0.05) is 37.3 Å². The van der Waals surface area contributed by atoms with Crippen LogP contribution in [0.4, 0.5) is 11.4 Å². The number of ether oxygens (including phenoxy) is 1. The molecular weight excluding hydrogens is 430 g/mol. The smallest absolute Gasteiger partial charge is 0.306 e. The molecular formula is C27H35N3O4. The number of esters is 1. The standard InChI is InChI=1S/C27H35N3O4/c1-3-34-26(32)12-11-25(31)29-22-9-10-24(30-17-14-20(2)15-18-30)23(19-22)27(33)28-16-13-21-7-5-4-6-8-21/h4-10,19-20H,3,11-18H2,1-2H3,(H,28,33)(H,29,31). The first kappa shape index (κ1) is 25.3. The number of rotatable bonds is 10. The Kier molecular flexibility index (Phi) is 9.50. The summed E-state index contributed by atoms with van der Waals surface area (Å²) in [5, 5.41) is 5.84. The average molecular weight is 466 g/mol. The van der Waals surface area contributed by atoms with Crippen LogP contribution in [0.2, 0.25) is 0 Å². The van der Waals surface area contributed by atoms with Crippen LogP contribution < -0.4 is 15.5 Å². The predicted molar refractivity (Wildman–Crippen MR) is 134 cm³/mol. The summed E-state index contributed by atoms with van der Waals surface area (Å²) in [6, 6.07) is 15.5. The largest absolute Gasteiger partial charge is 0.466 e. The molecule has 7 nitrogen and oxygen atoms in total. The molecule has 0 radical (unpaired) electrons. The van der Waals surface area contributed by atoms with Crippen LogP contribution in [0.1, 0.15) is 55.5 Å². The van der Waals surface area contributed by atoms with E-state index in [2.05, 4.69) is 22.5 Å². The summed E-state index contributed by atoms with van der Waals surface area (Å²) in [7, 11) is 0. The van der Waals surface area contributed by atoms with E-state index in [0.717, 1.165) is 43.6 Å². The minimum absolute atomic E-state index is 0.0244. The quantitative estimate of drug-likeness (QED) is 0.514. The van der Waals surface area contributed by atoms with Gasteiger partial charge in [-0.3, -0.25) is 14.4 Å². The monoisotopic (exact) mass is 465 g/mol. The van der Waals surface area contributed by atoms with Crippen molar-refractivity contribution < 1.29 is 19.1 Å². The molecule has 1 saturated heterocycles. The Hall–Kier alpha value is -3.35. The van der Waals surface area contributed by atoms with E-state index in [9.17, 15) is 14.4 Å². The van der Waals surface area contributed by atoms with Crippen LogP contribution in [0.3, 0.4) is 0 Å². The van der Waals surface area contributed by atoms with E-state index < -0.39 is 5.97 Å². The molecule has 0 atom stereocenters. The van der Waals surface area contributed by atoms with Gasteiger partial charge in [-0.05, 0) is 55.9 Å². The number of hydrogen-bond donors (Lipinski definition) is 2. The van der Waals surface area contributed by atoms with Crippen LogP contribution in [0, 0.1) is 5.92 Å². The third-order valence-corrected chi connectivity index (χ3v) is 6.05. The van der Waals surface area contributed by atoms with E-state index in [1.54, 1.807) is 13.0 Å². The van der Waals surface area contributed by atoms with Crippen molar-refractivity contribution in [2.45, 2.75) is 46.0 Å². The zero-order valence-electron chi connectivity index (χ0n) is 20.1. The van der Waals surface area contributed by atoms with Crippen LogP contribution >= 0.6 is 0 Å². The summed E-state index contributed by atoms with van der Waals surface area (Å²) in [5.41, 5.74) is 3.13. The molecule has 0 unspecified atom stereocenters. The maximum absolute atomic E-state index is 13.2. The molecule has 3 rings (SSSR count). The highest BCUT2D eigenvalue weighted by Crippen LogP contribution is 2.29. The van der Waals surface area contributed by atoms with Gasteiger partial charge >= 0.3 is 5.97 Å². The Bertz CT molecular complexity index is 969. The Labute approximate surface area is 201 Å². The number of hydrogen-bond acceptors (Lipinski definition) is 5. The van der Waals surface area contributed by atoms with E-state index in [-0.39, 0.29) is 24.7 Å². The van der Waals surface area contributed by atoms with Gasteiger partial charge in [0.1, 0.15) is 0 Å². The number of anilines is 2. The van der Waals surface area contributed by atoms with Crippen LogP contribution in [0.15, 0.2) is 48.5 Å². The Morgan fingerprint density at radius 3 is 2.47 bits per heavy atom. The van der Waals surface area contributed by atoms with Gasteiger partial charge < -0.3 is 20.3 Å². The third kappa shape index (κ3) is 7.61. The van der Waals surface area contributed by atoms with E-state index in [1.807, 2.05) is 42.5 Å². The lowest BCUT2D eigenvalue weighted by atomic mass is 9.97. The minimum Gasteiger partial charge on any atom is -0.466 e. The van der Waals surface area contributed by atoms with Crippen molar-refractivity contribution in [1.29, 1.82) is 0 Å². The van der Waals surface area contributed by atoms with Crippen molar-refractivity contribution in [3.63, 3.8) is 0 Å². The molecule has 0 aliphatic carbocycles. The van der Waals surface area contributed by atoms with Crippen molar-refractivity contribution in [1.82, 2.24) is 5.32 Å². The molecule has 1 aliphatic rings. The number of carbonyl (C=O) groups excluding carboxylic acids is 3. The normalized spacial score (nSPS) is 13.9. The fourth-order valence-electron chi connectivity index (χ4n) is 4.05. The van der Waals surface area contributed by atoms with Crippen LogP contribution in [-0.4, -0.2) is 44.0 Å². The number of nitrogens with zero attached hydrogens (tertiary/aromatic N) is 1. The second kappa shape index (κ2) is 12.8. The maximum Gasteiger partial charge on any atom is 0.306 e. The molecule has 1 aliphatic heterocycles. The van der Waals surface area contributed by atoms with Crippen molar-refractivity contribution in [2.75, 3.05) is 36.5 Å². The zero-order chi connectivity index (χ0) is 24.3. The molecule has 2 aromatic carbocycles. The van der Waals surface area contributed by atoms with Gasteiger partial charge in [0.2, 0.25) is 5.91 Å². The fourth-order valence-corrected chi connectivity index (χ4v) is 4.05. The molecule has 0 spiro atoms. The van der Waals surface area contributed by atoms with Gasteiger partial charge in [-0.2, -0.15) is 0 Å². The molecule has 0 bridgehead atoms. The van der Waals surface area contributed by atoms with Crippen molar-refractivity contribution in [3.8, 4) is 0 Å². The molecule has 34 heavy (non-hydrogen) atoms. The molecule has 0 aromatic heterocycles.